The number of carbonyl (C=O) groups excluding carboxylic acids is 1. The number of benzene rings is 1. The Kier molecular flexibility index (Phi) is 6.12. The van der Waals surface area contributed by atoms with Crippen LogP contribution in [0.25, 0.3) is 10.8 Å². The molecule has 3 fully saturated rings. The van der Waals surface area contributed by atoms with Crippen LogP contribution < -0.4 is 10.2 Å². The molecule has 1 aromatic carbocycles. The van der Waals surface area contributed by atoms with Crippen molar-refractivity contribution in [2.75, 3.05) is 49.6 Å². The molecule has 3 aliphatic rings. The zero-order valence-electron chi connectivity index (χ0n) is 21.3. The molecule has 2 aromatic heterocycles. The average molecular weight is 527 g/mol. The maximum atomic E-state index is 14.5. The third kappa shape index (κ3) is 4.36. The Bertz CT molecular complexity index is 1340. The Morgan fingerprint density at radius 3 is 2.65 bits per heavy atom. The van der Waals surface area contributed by atoms with Crippen LogP contribution >= 0.6 is 11.6 Å². The summed E-state index contributed by atoms with van der Waals surface area (Å²) in [5, 5.41) is 9.78. The number of halogens is 2. The first-order valence-corrected chi connectivity index (χ1v) is 13.2. The van der Waals surface area contributed by atoms with E-state index in [1.807, 2.05) is 38.5 Å². The summed E-state index contributed by atoms with van der Waals surface area (Å²) in [5.41, 5.74) is 1.47. The lowest BCUT2D eigenvalue weighted by Gasteiger charge is -2.44. The zero-order chi connectivity index (χ0) is 25.9. The molecule has 0 unspecified atom stereocenters. The first-order chi connectivity index (χ1) is 17.7. The Balaban J connectivity index is 1.16. The van der Waals surface area contributed by atoms with Gasteiger partial charge in [-0.3, -0.25) is 14.4 Å². The van der Waals surface area contributed by atoms with Gasteiger partial charge in [0.1, 0.15) is 12.0 Å². The third-order valence-electron chi connectivity index (χ3n) is 8.51. The molecule has 1 saturated carbocycles. The van der Waals surface area contributed by atoms with Crippen molar-refractivity contribution in [3.8, 4) is 0 Å². The van der Waals surface area contributed by atoms with Crippen LogP contribution in [0.4, 0.5) is 15.9 Å². The van der Waals surface area contributed by atoms with Crippen LogP contribution in [0.3, 0.4) is 0 Å². The number of aromatic nitrogens is 3. The minimum atomic E-state index is -0.970. The summed E-state index contributed by atoms with van der Waals surface area (Å²) >= 11 is 6.68. The Hall–Kier alpha value is -2.75. The minimum Gasteiger partial charge on any atom is -0.376 e. The number of hydrogen-bond donors (Lipinski definition) is 1. The summed E-state index contributed by atoms with van der Waals surface area (Å²) in [7, 11) is 1.88. The van der Waals surface area contributed by atoms with E-state index in [9.17, 15) is 9.18 Å². The number of hydrogen-bond acceptors (Lipinski definition) is 6. The van der Waals surface area contributed by atoms with Gasteiger partial charge in [-0.1, -0.05) is 18.5 Å². The van der Waals surface area contributed by atoms with E-state index in [2.05, 4.69) is 38.2 Å². The van der Waals surface area contributed by atoms with Gasteiger partial charge in [-0.05, 0) is 42.0 Å². The van der Waals surface area contributed by atoms with Crippen LogP contribution in [0.2, 0.25) is 5.02 Å². The summed E-state index contributed by atoms with van der Waals surface area (Å²) in [6.07, 6.45) is 4.59. The van der Waals surface area contributed by atoms with E-state index in [0.29, 0.717) is 17.4 Å². The van der Waals surface area contributed by atoms with Gasteiger partial charge in [0.15, 0.2) is 0 Å². The highest BCUT2D eigenvalue weighted by atomic mass is 35.5. The minimum absolute atomic E-state index is 0.0194. The SMILES string of the molecule is C[C@H]1[C@@H](C(=O)Nc2cc3cc(N4CCN([C@@]5(C)COC[C@H]5F)CC4)c(Cl)cc3cn2)[C@@H]1c1cnn(C)c1. The molecule has 0 spiro atoms. The lowest BCUT2D eigenvalue weighted by atomic mass is 9.96. The van der Waals surface area contributed by atoms with Crippen molar-refractivity contribution in [1.82, 2.24) is 19.7 Å². The van der Waals surface area contributed by atoms with Crippen LogP contribution in [0.15, 0.2) is 36.8 Å². The predicted molar refractivity (Wildman–Crippen MR) is 142 cm³/mol. The van der Waals surface area contributed by atoms with Gasteiger partial charge in [0.2, 0.25) is 5.91 Å². The molecule has 5 atom stereocenters. The number of nitrogens with zero attached hydrogens (tertiary/aromatic N) is 5. The van der Waals surface area contributed by atoms with Crippen molar-refractivity contribution in [1.29, 1.82) is 0 Å². The van der Waals surface area contributed by atoms with E-state index in [-0.39, 0.29) is 30.3 Å². The number of nitrogens with one attached hydrogen (secondary N) is 1. The Morgan fingerprint density at radius 2 is 1.97 bits per heavy atom. The quantitative estimate of drug-likeness (QED) is 0.544. The normalized spacial score (nSPS) is 30.1. The number of fused-ring (bicyclic) bond motifs is 1. The van der Waals surface area contributed by atoms with E-state index in [0.717, 1.165) is 48.2 Å². The number of piperazine rings is 1. The number of pyridine rings is 1. The fraction of sp³-hybridized carbons (Fsp3) is 0.519. The fourth-order valence-corrected chi connectivity index (χ4v) is 6.34. The molecule has 2 saturated heterocycles. The second kappa shape index (κ2) is 9.22. The standard InChI is InChI=1S/C27H32ClFN6O2/c1-16-24(19-12-31-33(3)13-19)25(16)26(36)32-23-10-17-9-21(20(28)8-18(17)11-30-23)34-4-6-35(7-5-34)27(2)15-37-14-22(27)29/h8-13,16,22,24-25H,4-7,14-15H2,1-3H3,(H,30,32,36)/t16-,22-,24+,25-,27+/m1/s1. The van der Waals surface area contributed by atoms with Gasteiger partial charge in [0, 0.05) is 62.8 Å². The highest BCUT2D eigenvalue weighted by Gasteiger charge is 2.53. The maximum absolute atomic E-state index is 14.5. The van der Waals surface area contributed by atoms with Crippen molar-refractivity contribution in [2.24, 2.45) is 18.9 Å². The molecule has 6 rings (SSSR count). The van der Waals surface area contributed by atoms with Gasteiger partial charge in [-0.15, -0.1) is 0 Å². The van der Waals surface area contributed by atoms with E-state index < -0.39 is 11.7 Å². The van der Waals surface area contributed by atoms with Gasteiger partial charge in [-0.2, -0.15) is 5.10 Å². The summed E-state index contributed by atoms with van der Waals surface area (Å²) in [6.45, 7) is 7.62. The second-order valence-corrected chi connectivity index (χ2v) is 11.3. The molecule has 2 aliphatic heterocycles. The zero-order valence-corrected chi connectivity index (χ0v) is 22.1. The van der Waals surface area contributed by atoms with Gasteiger partial charge in [0.05, 0.1) is 35.7 Å². The smallest absolute Gasteiger partial charge is 0.229 e. The molecule has 3 aromatic rings. The van der Waals surface area contributed by atoms with Crippen molar-refractivity contribution in [3.05, 3.63) is 47.4 Å². The van der Waals surface area contributed by atoms with Crippen molar-refractivity contribution in [3.63, 3.8) is 0 Å². The largest absolute Gasteiger partial charge is 0.376 e. The first kappa shape index (κ1) is 24.6. The Morgan fingerprint density at radius 1 is 1.19 bits per heavy atom. The van der Waals surface area contributed by atoms with E-state index in [1.54, 1.807) is 10.9 Å². The van der Waals surface area contributed by atoms with E-state index >= 15 is 0 Å². The summed E-state index contributed by atoms with van der Waals surface area (Å²) in [6, 6.07) is 5.88. The molecule has 1 N–H and O–H groups in total. The van der Waals surface area contributed by atoms with Crippen molar-refractivity contribution >= 4 is 39.8 Å². The molecule has 1 aliphatic carbocycles. The molecule has 4 heterocycles. The number of aryl methyl sites for hydroxylation is 1. The maximum Gasteiger partial charge on any atom is 0.229 e. The molecule has 196 valence electrons. The third-order valence-corrected chi connectivity index (χ3v) is 8.81. The number of alkyl halides is 1. The van der Waals surface area contributed by atoms with Gasteiger partial charge >= 0.3 is 0 Å². The van der Waals surface area contributed by atoms with Crippen LogP contribution in [-0.2, 0) is 16.6 Å². The monoisotopic (exact) mass is 526 g/mol. The lowest BCUT2D eigenvalue weighted by molar-refractivity contribution is -0.117. The van der Waals surface area contributed by atoms with E-state index in [1.165, 1.54) is 0 Å². The molecule has 0 radical (unpaired) electrons. The number of rotatable bonds is 5. The molecule has 10 heteroatoms. The lowest BCUT2D eigenvalue weighted by Crippen LogP contribution is -2.59. The topological polar surface area (TPSA) is 75.5 Å². The van der Waals surface area contributed by atoms with Crippen molar-refractivity contribution < 1.29 is 13.9 Å². The number of carbonyl (C=O) groups is 1. The molecule has 37 heavy (non-hydrogen) atoms. The van der Waals surface area contributed by atoms with Gasteiger partial charge in [-0.25, -0.2) is 9.37 Å². The molecule has 1 amide bonds. The summed E-state index contributed by atoms with van der Waals surface area (Å²) < 4.78 is 21.7. The van der Waals surface area contributed by atoms with Crippen LogP contribution in [0, 0.1) is 11.8 Å². The fourth-order valence-electron chi connectivity index (χ4n) is 6.05. The number of anilines is 2. The highest BCUT2D eigenvalue weighted by molar-refractivity contribution is 6.34. The second-order valence-electron chi connectivity index (χ2n) is 10.9. The summed E-state index contributed by atoms with van der Waals surface area (Å²) in [5.74, 6) is 0.870. The van der Waals surface area contributed by atoms with Gasteiger partial charge in [0.25, 0.3) is 0 Å². The highest BCUT2D eigenvalue weighted by Crippen LogP contribution is 2.54. The van der Waals surface area contributed by atoms with E-state index in [4.69, 9.17) is 16.3 Å². The average Bonchev–Trinajstić information content (AvgIpc) is 3.15. The molecule has 8 nitrogen and oxygen atoms in total. The summed E-state index contributed by atoms with van der Waals surface area (Å²) in [4.78, 5) is 21.9. The van der Waals surface area contributed by atoms with Gasteiger partial charge < -0.3 is 15.0 Å². The number of ether oxygens (including phenoxy) is 1. The van der Waals surface area contributed by atoms with Crippen LogP contribution in [0.1, 0.15) is 25.3 Å². The first-order valence-electron chi connectivity index (χ1n) is 12.8. The number of amides is 1. The molecular weight excluding hydrogens is 495 g/mol. The Labute approximate surface area is 220 Å². The van der Waals surface area contributed by atoms with Crippen LogP contribution in [-0.4, -0.2) is 76.7 Å². The van der Waals surface area contributed by atoms with Crippen molar-refractivity contribution in [2.45, 2.75) is 31.5 Å². The molecule has 0 bridgehead atoms. The predicted octanol–water partition coefficient (Wildman–Crippen LogP) is 3.86. The van der Waals surface area contributed by atoms with Crippen LogP contribution in [0.5, 0.6) is 0 Å². The molecular formula is C27H32ClFN6O2.